The molecule has 0 aromatic carbocycles. The van der Waals surface area contributed by atoms with Gasteiger partial charge in [-0.2, -0.15) is 0 Å². The Morgan fingerprint density at radius 1 is 0.889 bits per heavy atom. The van der Waals surface area contributed by atoms with Crippen molar-refractivity contribution in [1.29, 1.82) is 0 Å². The van der Waals surface area contributed by atoms with Crippen molar-refractivity contribution in [3.8, 4) is 0 Å². The second-order valence-corrected chi connectivity index (χ2v) is 7.35. The third-order valence-corrected chi connectivity index (χ3v) is 6.19. The lowest BCUT2D eigenvalue weighted by Crippen LogP contribution is -2.66. The van der Waals surface area contributed by atoms with Gasteiger partial charge in [0.1, 0.15) is 0 Å². The molecule has 0 radical (unpaired) electrons. The molecular formula is C16H28N2. The summed E-state index contributed by atoms with van der Waals surface area (Å²) in [6.07, 6.45) is 14.8. The fraction of sp³-hybridized carbons (Fsp3) is 1.00. The third kappa shape index (κ3) is 1.92. The summed E-state index contributed by atoms with van der Waals surface area (Å²) >= 11 is 0. The molecule has 1 spiro atoms. The van der Waals surface area contributed by atoms with E-state index in [-0.39, 0.29) is 0 Å². The zero-order valence-corrected chi connectivity index (χ0v) is 11.7. The van der Waals surface area contributed by atoms with Crippen LogP contribution in [0.4, 0.5) is 0 Å². The zero-order valence-electron chi connectivity index (χ0n) is 11.7. The van der Waals surface area contributed by atoms with Crippen molar-refractivity contribution in [2.45, 2.75) is 81.8 Å². The second-order valence-electron chi connectivity index (χ2n) is 7.35. The molecule has 1 atom stereocenters. The summed E-state index contributed by atoms with van der Waals surface area (Å²) in [5.41, 5.74) is 0.570. The Morgan fingerprint density at radius 3 is 2.28 bits per heavy atom. The van der Waals surface area contributed by atoms with Crippen LogP contribution in [0, 0.1) is 5.92 Å². The second kappa shape index (κ2) is 4.49. The fourth-order valence-corrected chi connectivity index (χ4v) is 4.96. The van der Waals surface area contributed by atoms with Gasteiger partial charge in [-0.15, -0.1) is 0 Å². The van der Waals surface area contributed by atoms with Gasteiger partial charge in [-0.25, -0.2) is 0 Å². The molecule has 2 nitrogen and oxygen atoms in total. The molecule has 4 aliphatic rings. The normalized spacial score (nSPS) is 37.7. The highest BCUT2D eigenvalue weighted by atomic mass is 15.3. The molecule has 1 heterocycles. The van der Waals surface area contributed by atoms with Gasteiger partial charge in [-0.1, -0.05) is 25.7 Å². The molecule has 1 aliphatic heterocycles. The molecule has 1 unspecified atom stereocenters. The lowest BCUT2D eigenvalue weighted by molar-refractivity contribution is 0.00307. The van der Waals surface area contributed by atoms with Crippen LogP contribution >= 0.6 is 0 Å². The van der Waals surface area contributed by atoms with Crippen LogP contribution in [0.25, 0.3) is 0 Å². The van der Waals surface area contributed by atoms with Crippen LogP contribution in [0.15, 0.2) is 0 Å². The smallest absolute Gasteiger partial charge is 0.0337 e. The number of nitrogens with zero attached hydrogens (tertiary/aromatic N) is 1. The molecule has 1 N–H and O–H groups in total. The van der Waals surface area contributed by atoms with Crippen molar-refractivity contribution in [2.75, 3.05) is 13.1 Å². The van der Waals surface area contributed by atoms with E-state index in [0.717, 1.165) is 18.0 Å². The SMILES string of the molecule is C1CCC(N2CC(C3CC3)NCC23CCCC3)C1. The number of hydrogen-bond acceptors (Lipinski definition) is 2. The molecule has 18 heavy (non-hydrogen) atoms. The Balaban J connectivity index is 1.54. The molecule has 0 amide bonds. The largest absolute Gasteiger partial charge is 0.311 e. The van der Waals surface area contributed by atoms with E-state index in [1.807, 2.05) is 0 Å². The minimum absolute atomic E-state index is 0.570. The van der Waals surface area contributed by atoms with Crippen LogP contribution < -0.4 is 5.32 Å². The van der Waals surface area contributed by atoms with E-state index in [0.29, 0.717) is 5.54 Å². The highest BCUT2D eigenvalue weighted by Crippen LogP contribution is 2.44. The zero-order chi connectivity index (χ0) is 12.0. The lowest BCUT2D eigenvalue weighted by Gasteiger charge is -2.51. The van der Waals surface area contributed by atoms with Crippen molar-refractivity contribution in [3.63, 3.8) is 0 Å². The molecule has 3 aliphatic carbocycles. The molecule has 1 saturated heterocycles. The van der Waals surface area contributed by atoms with E-state index in [4.69, 9.17) is 0 Å². The predicted molar refractivity (Wildman–Crippen MR) is 74.7 cm³/mol. The fourth-order valence-electron chi connectivity index (χ4n) is 4.96. The standard InChI is InChI=1S/C16H28N2/c1-2-6-14(5-1)18-11-15(13-7-8-13)17-12-16(18)9-3-4-10-16/h13-15,17H,1-12H2. The maximum Gasteiger partial charge on any atom is 0.0337 e. The van der Waals surface area contributed by atoms with Crippen LogP contribution in [0.5, 0.6) is 0 Å². The summed E-state index contributed by atoms with van der Waals surface area (Å²) in [6.45, 7) is 2.67. The van der Waals surface area contributed by atoms with Crippen LogP contribution in [-0.4, -0.2) is 35.6 Å². The third-order valence-electron chi connectivity index (χ3n) is 6.19. The van der Waals surface area contributed by atoms with E-state index in [1.54, 1.807) is 0 Å². The molecule has 0 aromatic heterocycles. The van der Waals surface area contributed by atoms with Crippen molar-refractivity contribution in [2.24, 2.45) is 5.92 Å². The maximum atomic E-state index is 3.93. The number of nitrogens with one attached hydrogen (secondary N) is 1. The van der Waals surface area contributed by atoms with Crippen molar-refractivity contribution in [3.05, 3.63) is 0 Å². The Bertz CT molecular complexity index is 298. The minimum Gasteiger partial charge on any atom is -0.311 e. The van der Waals surface area contributed by atoms with E-state index in [2.05, 4.69) is 10.2 Å². The average Bonchev–Trinajstić information content (AvgIpc) is 2.91. The summed E-state index contributed by atoms with van der Waals surface area (Å²) < 4.78 is 0. The molecule has 2 heteroatoms. The van der Waals surface area contributed by atoms with E-state index in [9.17, 15) is 0 Å². The maximum absolute atomic E-state index is 3.93. The predicted octanol–water partition coefficient (Wildman–Crippen LogP) is 2.93. The molecular weight excluding hydrogens is 220 g/mol. The highest BCUT2D eigenvalue weighted by Gasteiger charge is 2.48. The first-order valence-corrected chi connectivity index (χ1v) is 8.38. The van der Waals surface area contributed by atoms with Gasteiger partial charge >= 0.3 is 0 Å². The van der Waals surface area contributed by atoms with Crippen LogP contribution in [-0.2, 0) is 0 Å². The first kappa shape index (κ1) is 11.7. The van der Waals surface area contributed by atoms with E-state index >= 15 is 0 Å². The summed E-state index contributed by atoms with van der Waals surface area (Å²) in [4.78, 5) is 3.01. The first-order valence-electron chi connectivity index (χ1n) is 8.38. The molecule has 102 valence electrons. The Kier molecular flexibility index (Phi) is 2.92. The highest BCUT2D eigenvalue weighted by molar-refractivity contribution is 5.06. The van der Waals surface area contributed by atoms with Gasteiger partial charge in [0.2, 0.25) is 0 Å². The van der Waals surface area contributed by atoms with E-state index < -0.39 is 0 Å². The number of piperazine rings is 1. The van der Waals surface area contributed by atoms with Crippen LogP contribution in [0.1, 0.15) is 64.2 Å². The molecule has 0 aromatic rings. The monoisotopic (exact) mass is 248 g/mol. The van der Waals surface area contributed by atoms with Gasteiger partial charge in [0.05, 0.1) is 0 Å². The van der Waals surface area contributed by atoms with Crippen molar-refractivity contribution >= 4 is 0 Å². The van der Waals surface area contributed by atoms with Gasteiger partial charge in [0, 0.05) is 30.7 Å². The van der Waals surface area contributed by atoms with Gasteiger partial charge in [0.15, 0.2) is 0 Å². The molecule has 4 fully saturated rings. The Labute approximate surface area is 111 Å². The van der Waals surface area contributed by atoms with Crippen molar-refractivity contribution in [1.82, 2.24) is 10.2 Å². The summed E-state index contributed by atoms with van der Waals surface area (Å²) in [5, 5.41) is 3.93. The van der Waals surface area contributed by atoms with Crippen molar-refractivity contribution < 1.29 is 0 Å². The van der Waals surface area contributed by atoms with Gasteiger partial charge in [0.25, 0.3) is 0 Å². The topological polar surface area (TPSA) is 15.3 Å². The Hall–Kier alpha value is -0.0800. The van der Waals surface area contributed by atoms with E-state index in [1.165, 1.54) is 77.3 Å². The average molecular weight is 248 g/mol. The molecule has 0 bridgehead atoms. The number of hydrogen-bond donors (Lipinski definition) is 1. The van der Waals surface area contributed by atoms with Gasteiger partial charge in [-0.05, 0) is 44.4 Å². The minimum atomic E-state index is 0.570. The van der Waals surface area contributed by atoms with Gasteiger partial charge in [-0.3, -0.25) is 4.90 Å². The molecule has 3 saturated carbocycles. The van der Waals surface area contributed by atoms with Crippen LogP contribution in [0.3, 0.4) is 0 Å². The van der Waals surface area contributed by atoms with Crippen LogP contribution in [0.2, 0.25) is 0 Å². The lowest BCUT2D eigenvalue weighted by atomic mass is 9.88. The van der Waals surface area contributed by atoms with Gasteiger partial charge < -0.3 is 5.32 Å². The number of rotatable bonds is 2. The molecule has 4 rings (SSSR count). The quantitative estimate of drug-likeness (QED) is 0.808. The first-order chi connectivity index (χ1) is 8.87. The summed E-state index contributed by atoms with van der Waals surface area (Å²) in [6, 6.07) is 1.77. The Morgan fingerprint density at radius 2 is 1.61 bits per heavy atom. The summed E-state index contributed by atoms with van der Waals surface area (Å²) in [5.74, 6) is 1.02. The summed E-state index contributed by atoms with van der Waals surface area (Å²) in [7, 11) is 0.